The van der Waals surface area contributed by atoms with Crippen LogP contribution in [0.15, 0.2) is 60.7 Å². The van der Waals surface area contributed by atoms with Crippen LogP contribution in [-0.4, -0.2) is 25.2 Å². The molecule has 262 valence electrons. The van der Waals surface area contributed by atoms with Gasteiger partial charge in [-0.15, -0.1) is 0 Å². The first-order valence-electron chi connectivity index (χ1n) is 18.0. The molecule has 48 heavy (non-hydrogen) atoms. The maximum absolute atomic E-state index is 12.8. The van der Waals surface area contributed by atoms with E-state index in [0.717, 1.165) is 24.0 Å². The fourth-order valence-corrected chi connectivity index (χ4v) is 5.82. The minimum atomic E-state index is -0.555. The standard InChI is InChI=1S/C41H54Cl2O5/c1-4-6-7-8-9-10-11-12-13-14-15-16-17-18-27-46-38-25-23-34(28-36(38)42)32-19-21-33(22-20-32)41(45)48-39-26-24-35(29-37(39)43)40(44)47-30-31(3)5-2/h19-26,28-29,31H,4-18,27,30H2,1-3H3/t31-/m0/s1. The van der Waals surface area contributed by atoms with Crippen molar-refractivity contribution in [3.05, 3.63) is 81.8 Å². The molecule has 7 heteroatoms. The Hall–Kier alpha value is -3.02. The average molecular weight is 698 g/mol. The molecule has 0 amide bonds. The molecule has 0 aliphatic carbocycles. The number of halogens is 2. The number of unbranched alkanes of at least 4 members (excludes halogenated alkanes) is 13. The van der Waals surface area contributed by atoms with Gasteiger partial charge in [-0.3, -0.25) is 0 Å². The van der Waals surface area contributed by atoms with Crippen LogP contribution in [-0.2, 0) is 4.74 Å². The molecule has 0 aliphatic heterocycles. The Balaban J connectivity index is 1.36. The van der Waals surface area contributed by atoms with Crippen LogP contribution >= 0.6 is 23.2 Å². The zero-order valence-corrected chi connectivity index (χ0v) is 30.7. The highest BCUT2D eigenvalue weighted by Crippen LogP contribution is 2.31. The van der Waals surface area contributed by atoms with E-state index in [0.29, 0.717) is 35.1 Å². The van der Waals surface area contributed by atoms with Crippen molar-refractivity contribution >= 4 is 35.1 Å². The lowest BCUT2D eigenvalue weighted by molar-refractivity contribution is 0.0447. The van der Waals surface area contributed by atoms with Gasteiger partial charge in [0.1, 0.15) is 11.5 Å². The first-order chi connectivity index (χ1) is 23.3. The lowest BCUT2D eigenvalue weighted by Crippen LogP contribution is -2.12. The Morgan fingerprint density at radius 3 is 1.69 bits per heavy atom. The number of carbonyl (C=O) groups is 2. The summed E-state index contributed by atoms with van der Waals surface area (Å²) in [5.41, 5.74) is 2.50. The summed E-state index contributed by atoms with van der Waals surface area (Å²) in [7, 11) is 0. The number of hydrogen-bond acceptors (Lipinski definition) is 5. The molecule has 0 saturated heterocycles. The van der Waals surface area contributed by atoms with Crippen molar-refractivity contribution < 1.29 is 23.8 Å². The van der Waals surface area contributed by atoms with Crippen molar-refractivity contribution in [2.45, 2.75) is 117 Å². The maximum atomic E-state index is 12.8. The molecule has 0 fully saturated rings. The van der Waals surface area contributed by atoms with Gasteiger partial charge >= 0.3 is 11.9 Å². The molecule has 0 saturated carbocycles. The normalized spacial score (nSPS) is 11.7. The summed E-state index contributed by atoms with van der Waals surface area (Å²) in [6, 6.07) is 17.3. The van der Waals surface area contributed by atoms with E-state index in [2.05, 4.69) is 6.92 Å². The molecule has 0 aromatic heterocycles. The van der Waals surface area contributed by atoms with Crippen LogP contribution in [0.4, 0.5) is 0 Å². The summed E-state index contributed by atoms with van der Waals surface area (Å²) in [4.78, 5) is 25.1. The first-order valence-corrected chi connectivity index (χ1v) is 18.8. The summed E-state index contributed by atoms with van der Waals surface area (Å²) in [5.74, 6) is 0.105. The molecule has 1 atom stereocenters. The highest BCUT2D eigenvalue weighted by Gasteiger charge is 2.16. The second kappa shape index (κ2) is 22.6. The molecule has 3 rings (SSSR count). The molecule has 0 unspecified atom stereocenters. The van der Waals surface area contributed by atoms with Gasteiger partial charge in [0.25, 0.3) is 0 Å². The van der Waals surface area contributed by atoms with Crippen molar-refractivity contribution in [3.8, 4) is 22.6 Å². The molecule has 5 nitrogen and oxygen atoms in total. The van der Waals surface area contributed by atoms with E-state index >= 15 is 0 Å². The Labute approximate surface area is 298 Å². The molecule has 3 aromatic carbocycles. The molecule has 0 aliphatic rings. The molecular formula is C41H54Cl2O5. The van der Waals surface area contributed by atoms with Gasteiger partial charge in [0.2, 0.25) is 0 Å². The molecule has 0 spiro atoms. The first kappa shape index (κ1) is 39.4. The Morgan fingerprint density at radius 2 is 1.12 bits per heavy atom. The Bertz CT molecular complexity index is 1390. The zero-order valence-electron chi connectivity index (χ0n) is 29.2. The van der Waals surface area contributed by atoms with E-state index in [1.165, 1.54) is 102 Å². The molecule has 0 N–H and O–H groups in total. The third-order valence-corrected chi connectivity index (χ3v) is 9.30. The predicted molar refractivity (Wildman–Crippen MR) is 199 cm³/mol. The summed E-state index contributed by atoms with van der Waals surface area (Å²) >= 11 is 12.9. The third kappa shape index (κ3) is 14.2. The van der Waals surface area contributed by atoms with Gasteiger partial charge in [0.05, 0.1) is 34.4 Å². The van der Waals surface area contributed by atoms with E-state index in [1.807, 2.05) is 44.2 Å². The maximum Gasteiger partial charge on any atom is 0.343 e. The van der Waals surface area contributed by atoms with Gasteiger partial charge < -0.3 is 14.2 Å². The number of esters is 2. The minimum Gasteiger partial charge on any atom is -0.492 e. The fourth-order valence-electron chi connectivity index (χ4n) is 5.36. The van der Waals surface area contributed by atoms with Crippen molar-refractivity contribution in [3.63, 3.8) is 0 Å². The van der Waals surface area contributed by atoms with Gasteiger partial charge in [0.15, 0.2) is 0 Å². The summed E-state index contributed by atoms with van der Waals surface area (Å²) in [6.07, 6.45) is 19.5. The number of rotatable bonds is 23. The average Bonchev–Trinajstić information content (AvgIpc) is 3.10. The lowest BCUT2D eigenvalue weighted by Gasteiger charge is -2.11. The van der Waals surface area contributed by atoms with Gasteiger partial charge in [0, 0.05) is 0 Å². The Kier molecular flexibility index (Phi) is 18.5. The van der Waals surface area contributed by atoms with Crippen LogP contribution in [0, 0.1) is 5.92 Å². The lowest BCUT2D eigenvalue weighted by atomic mass is 10.0. The van der Waals surface area contributed by atoms with Crippen LogP contribution in [0.3, 0.4) is 0 Å². The fraction of sp³-hybridized carbons (Fsp3) is 0.512. The van der Waals surface area contributed by atoms with E-state index in [1.54, 1.807) is 12.1 Å². The van der Waals surface area contributed by atoms with E-state index in [4.69, 9.17) is 37.4 Å². The zero-order chi connectivity index (χ0) is 34.6. The highest BCUT2D eigenvalue weighted by molar-refractivity contribution is 6.32. The van der Waals surface area contributed by atoms with Gasteiger partial charge in [-0.1, -0.05) is 152 Å². The van der Waals surface area contributed by atoms with Crippen LogP contribution in [0.1, 0.15) is 138 Å². The summed E-state index contributed by atoms with van der Waals surface area (Å²) < 4.78 is 16.8. The quantitative estimate of drug-likeness (QED) is 0.0561. The number of ether oxygens (including phenoxy) is 3. The van der Waals surface area contributed by atoms with Gasteiger partial charge in [-0.2, -0.15) is 0 Å². The third-order valence-electron chi connectivity index (χ3n) is 8.71. The molecule has 0 bridgehead atoms. The smallest absolute Gasteiger partial charge is 0.343 e. The van der Waals surface area contributed by atoms with Crippen LogP contribution in [0.2, 0.25) is 10.0 Å². The van der Waals surface area contributed by atoms with Crippen LogP contribution in [0.5, 0.6) is 11.5 Å². The molecule has 0 radical (unpaired) electrons. The van der Waals surface area contributed by atoms with Gasteiger partial charge in [-0.25, -0.2) is 9.59 Å². The summed E-state index contributed by atoms with van der Waals surface area (Å²) in [5, 5.41) is 0.711. The van der Waals surface area contributed by atoms with Crippen LogP contribution in [0.25, 0.3) is 11.1 Å². The monoisotopic (exact) mass is 696 g/mol. The predicted octanol–water partition coefficient (Wildman–Crippen LogP) is 12.9. The number of carbonyl (C=O) groups excluding carboxylic acids is 2. The SMILES string of the molecule is CCCCCCCCCCCCCCCCOc1ccc(-c2ccc(C(=O)Oc3ccc(C(=O)OC[C@@H](C)CC)cc3Cl)cc2)cc1Cl. The van der Waals surface area contributed by atoms with Crippen molar-refractivity contribution in [1.29, 1.82) is 0 Å². The molecule has 0 heterocycles. The summed E-state index contributed by atoms with van der Waals surface area (Å²) in [6.45, 7) is 7.31. The number of hydrogen-bond donors (Lipinski definition) is 0. The number of benzene rings is 3. The van der Waals surface area contributed by atoms with E-state index in [9.17, 15) is 9.59 Å². The highest BCUT2D eigenvalue weighted by atomic mass is 35.5. The molecule has 3 aromatic rings. The second-order valence-corrected chi connectivity index (χ2v) is 13.6. The second-order valence-electron chi connectivity index (χ2n) is 12.8. The van der Waals surface area contributed by atoms with E-state index < -0.39 is 11.9 Å². The topological polar surface area (TPSA) is 61.8 Å². The van der Waals surface area contributed by atoms with Gasteiger partial charge in [-0.05, 0) is 65.9 Å². The van der Waals surface area contributed by atoms with Crippen molar-refractivity contribution in [1.82, 2.24) is 0 Å². The van der Waals surface area contributed by atoms with Crippen molar-refractivity contribution in [2.24, 2.45) is 5.92 Å². The van der Waals surface area contributed by atoms with E-state index in [-0.39, 0.29) is 16.7 Å². The minimum absolute atomic E-state index is 0.152. The largest absolute Gasteiger partial charge is 0.492 e. The van der Waals surface area contributed by atoms with Crippen LogP contribution < -0.4 is 9.47 Å². The molecular weight excluding hydrogens is 643 g/mol. The Morgan fingerprint density at radius 1 is 0.604 bits per heavy atom. The van der Waals surface area contributed by atoms with Crippen molar-refractivity contribution in [2.75, 3.05) is 13.2 Å².